The van der Waals surface area contributed by atoms with Gasteiger partial charge in [0.15, 0.2) is 0 Å². The van der Waals surface area contributed by atoms with Crippen molar-refractivity contribution in [1.82, 2.24) is 10.2 Å². The highest BCUT2D eigenvalue weighted by Gasteiger charge is 2.47. The fourth-order valence-electron chi connectivity index (χ4n) is 4.20. The summed E-state index contributed by atoms with van der Waals surface area (Å²) in [4.78, 5) is 38.1. The first-order valence-corrected chi connectivity index (χ1v) is 9.53. The molecule has 1 saturated heterocycles. The van der Waals surface area contributed by atoms with Crippen LogP contribution in [0, 0.1) is 5.82 Å². The van der Waals surface area contributed by atoms with Crippen LogP contribution in [0.5, 0.6) is 0 Å². The van der Waals surface area contributed by atoms with Crippen LogP contribution in [0.4, 0.5) is 14.9 Å². The standard InChI is InChI=1S/C20H22FN3O5/c1-11(26)22-9-18-17-7-13-6-14(12-2-4-23(5-3-12)19(27)10-25)15(21)8-16(13)24(17)20(28)29-18/h2,6,8,17-18,25H,3-5,7,9-10H2,1H3,(H,22,26)/t17-,18-/m0/s1. The molecule has 0 spiro atoms. The molecule has 1 aromatic rings. The van der Waals surface area contributed by atoms with Crippen molar-refractivity contribution in [3.63, 3.8) is 0 Å². The number of fused-ring (bicyclic) bond motifs is 3. The number of nitrogens with one attached hydrogen (secondary N) is 1. The van der Waals surface area contributed by atoms with Gasteiger partial charge in [-0.05, 0) is 36.1 Å². The number of carbonyl (C=O) groups excluding carboxylic acids is 3. The van der Waals surface area contributed by atoms with Crippen LogP contribution in [0.1, 0.15) is 24.5 Å². The highest BCUT2D eigenvalue weighted by molar-refractivity contribution is 5.94. The molecular formula is C20H22FN3O5. The van der Waals surface area contributed by atoms with Crippen LogP contribution in [0.2, 0.25) is 0 Å². The highest BCUT2D eigenvalue weighted by Crippen LogP contribution is 2.41. The molecule has 1 aromatic carbocycles. The molecule has 9 heteroatoms. The Kier molecular flexibility index (Phi) is 4.99. The molecule has 0 bridgehead atoms. The van der Waals surface area contributed by atoms with Gasteiger partial charge in [-0.25, -0.2) is 9.18 Å². The van der Waals surface area contributed by atoms with E-state index in [4.69, 9.17) is 9.84 Å². The summed E-state index contributed by atoms with van der Waals surface area (Å²) in [6.45, 7) is 1.81. The van der Waals surface area contributed by atoms with Crippen LogP contribution in [-0.4, -0.2) is 66.3 Å². The first kappa shape index (κ1) is 19.4. The number of anilines is 1. The van der Waals surface area contributed by atoms with E-state index in [1.165, 1.54) is 22.8 Å². The molecule has 0 radical (unpaired) electrons. The smallest absolute Gasteiger partial charge is 0.415 e. The third-order valence-electron chi connectivity index (χ3n) is 5.66. The number of aliphatic hydroxyl groups excluding tert-OH is 1. The molecule has 0 unspecified atom stereocenters. The molecule has 154 valence electrons. The summed E-state index contributed by atoms with van der Waals surface area (Å²) in [7, 11) is 0. The van der Waals surface area contributed by atoms with E-state index in [9.17, 15) is 18.8 Å². The van der Waals surface area contributed by atoms with Crippen molar-refractivity contribution >= 4 is 29.2 Å². The maximum absolute atomic E-state index is 14.9. The zero-order valence-corrected chi connectivity index (χ0v) is 16.0. The van der Waals surface area contributed by atoms with Gasteiger partial charge in [0.2, 0.25) is 11.8 Å². The molecule has 29 heavy (non-hydrogen) atoms. The van der Waals surface area contributed by atoms with Gasteiger partial charge in [-0.2, -0.15) is 0 Å². The number of aliphatic hydroxyl groups is 1. The van der Waals surface area contributed by atoms with Crippen molar-refractivity contribution in [3.8, 4) is 0 Å². The van der Waals surface area contributed by atoms with Gasteiger partial charge in [-0.1, -0.05) is 6.08 Å². The Morgan fingerprint density at radius 3 is 2.83 bits per heavy atom. The van der Waals surface area contributed by atoms with Crippen LogP contribution in [-0.2, 0) is 20.7 Å². The topological polar surface area (TPSA) is 99.2 Å². The van der Waals surface area contributed by atoms with Gasteiger partial charge >= 0.3 is 6.09 Å². The summed E-state index contributed by atoms with van der Waals surface area (Å²) in [5.41, 5.74) is 2.62. The zero-order chi connectivity index (χ0) is 20.7. The number of carbonyl (C=O) groups is 3. The first-order chi connectivity index (χ1) is 13.9. The second kappa shape index (κ2) is 7.47. The van der Waals surface area contributed by atoms with Crippen molar-refractivity contribution < 1.29 is 28.6 Å². The number of ether oxygens (including phenoxy) is 1. The van der Waals surface area contributed by atoms with Crippen LogP contribution >= 0.6 is 0 Å². The fraction of sp³-hybridized carbons (Fsp3) is 0.450. The molecule has 0 aliphatic carbocycles. The minimum Gasteiger partial charge on any atom is -0.442 e. The van der Waals surface area contributed by atoms with E-state index in [0.717, 1.165) is 11.1 Å². The Morgan fingerprint density at radius 1 is 1.38 bits per heavy atom. The van der Waals surface area contributed by atoms with Crippen LogP contribution in [0.3, 0.4) is 0 Å². The van der Waals surface area contributed by atoms with E-state index in [-0.39, 0.29) is 24.4 Å². The zero-order valence-electron chi connectivity index (χ0n) is 16.0. The number of hydrogen-bond donors (Lipinski definition) is 2. The molecule has 2 atom stereocenters. The van der Waals surface area contributed by atoms with Crippen molar-refractivity contribution in [2.24, 2.45) is 0 Å². The summed E-state index contributed by atoms with van der Waals surface area (Å²) in [6, 6.07) is 2.84. The molecule has 3 aliphatic rings. The summed E-state index contributed by atoms with van der Waals surface area (Å²) in [6.07, 6.45) is 1.78. The summed E-state index contributed by atoms with van der Waals surface area (Å²) in [5, 5.41) is 11.6. The predicted molar refractivity (Wildman–Crippen MR) is 102 cm³/mol. The van der Waals surface area contributed by atoms with Crippen LogP contribution < -0.4 is 10.2 Å². The second-order valence-corrected chi connectivity index (χ2v) is 7.44. The fourth-order valence-corrected chi connectivity index (χ4v) is 4.20. The van der Waals surface area contributed by atoms with Crippen LogP contribution in [0.15, 0.2) is 18.2 Å². The lowest BCUT2D eigenvalue weighted by Gasteiger charge is -2.26. The molecule has 4 rings (SSSR count). The quantitative estimate of drug-likeness (QED) is 0.776. The third kappa shape index (κ3) is 3.46. The Morgan fingerprint density at radius 2 is 2.17 bits per heavy atom. The Bertz CT molecular complexity index is 916. The number of nitrogens with zero attached hydrogens (tertiary/aromatic N) is 2. The van der Waals surface area contributed by atoms with E-state index in [0.29, 0.717) is 37.2 Å². The number of halogens is 1. The molecular weight excluding hydrogens is 381 g/mol. The summed E-state index contributed by atoms with van der Waals surface area (Å²) >= 11 is 0. The number of hydrogen-bond acceptors (Lipinski definition) is 5. The van der Waals surface area contributed by atoms with E-state index in [1.807, 2.05) is 0 Å². The monoisotopic (exact) mass is 403 g/mol. The molecule has 3 amide bonds. The van der Waals surface area contributed by atoms with Gasteiger partial charge in [0.25, 0.3) is 0 Å². The van der Waals surface area contributed by atoms with Gasteiger partial charge in [0.05, 0.1) is 18.3 Å². The lowest BCUT2D eigenvalue weighted by Crippen LogP contribution is -2.40. The predicted octanol–water partition coefficient (Wildman–Crippen LogP) is 0.820. The van der Waals surface area contributed by atoms with Gasteiger partial charge < -0.3 is 20.1 Å². The molecule has 1 fully saturated rings. The van der Waals surface area contributed by atoms with Gasteiger partial charge in [0.1, 0.15) is 18.5 Å². The number of benzene rings is 1. The number of amides is 3. The third-order valence-corrected chi connectivity index (χ3v) is 5.66. The molecule has 3 aliphatic heterocycles. The summed E-state index contributed by atoms with van der Waals surface area (Å²) < 4.78 is 20.2. The maximum atomic E-state index is 14.9. The van der Waals surface area contributed by atoms with Gasteiger partial charge in [0, 0.05) is 25.6 Å². The molecule has 3 heterocycles. The molecule has 0 saturated carbocycles. The van der Waals surface area contributed by atoms with Crippen molar-refractivity contribution in [1.29, 1.82) is 0 Å². The largest absolute Gasteiger partial charge is 0.442 e. The lowest BCUT2D eigenvalue weighted by molar-refractivity contribution is -0.133. The highest BCUT2D eigenvalue weighted by atomic mass is 19.1. The Labute approximate surface area is 166 Å². The Balaban J connectivity index is 1.57. The normalized spacial score (nSPS) is 22.7. The van der Waals surface area contributed by atoms with Crippen molar-refractivity contribution in [3.05, 3.63) is 35.2 Å². The van der Waals surface area contributed by atoms with Crippen molar-refractivity contribution in [2.45, 2.75) is 31.9 Å². The first-order valence-electron chi connectivity index (χ1n) is 9.53. The van der Waals surface area contributed by atoms with Gasteiger partial charge in [-0.3, -0.25) is 14.5 Å². The average molecular weight is 403 g/mol. The van der Waals surface area contributed by atoms with E-state index >= 15 is 0 Å². The molecule has 0 aromatic heterocycles. The van der Waals surface area contributed by atoms with Gasteiger partial charge in [-0.15, -0.1) is 0 Å². The van der Waals surface area contributed by atoms with E-state index in [2.05, 4.69) is 5.32 Å². The Hall–Kier alpha value is -2.94. The molecule has 8 nitrogen and oxygen atoms in total. The minimum atomic E-state index is -0.538. The summed E-state index contributed by atoms with van der Waals surface area (Å²) in [5.74, 6) is -0.990. The number of cyclic esters (lactones) is 1. The van der Waals surface area contributed by atoms with E-state index < -0.39 is 24.6 Å². The minimum absolute atomic E-state index is 0.207. The van der Waals surface area contributed by atoms with Crippen molar-refractivity contribution in [2.75, 3.05) is 31.1 Å². The molecule has 2 N–H and O–H groups in total. The maximum Gasteiger partial charge on any atom is 0.415 e. The van der Waals surface area contributed by atoms with E-state index in [1.54, 1.807) is 12.1 Å². The number of rotatable bonds is 4. The van der Waals surface area contributed by atoms with Crippen LogP contribution in [0.25, 0.3) is 5.57 Å². The lowest BCUT2D eigenvalue weighted by atomic mass is 9.95. The SMILES string of the molecule is CC(=O)NC[C@@H]1OC(=O)N2c3cc(F)c(C4=CCN(C(=O)CO)CC4)cc3C[C@@H]12. The second-order valence-electron chi connectivity index (χ2n) is 7.44. The average Bonchev–Trinajstić information content (AvgIpc) is 3.22.